The number of nitrogens with two attached hydrogens (primary N) is 2. The van der Waals surface area contributed by atoms with Crippen LogP contribution >= 0.6 is 0 Å². The maximum atomic E-state index is 5.64. The molecule has 0 radical (unpaired) electrons. The van der Waals surface area contributed by atoms with E-state index in [4.69, 9.17) is 11.6 Å². The van der Waals surface area contributed by atoms with Crippen LogP contribution in [0.3, 0.4) is 0 Å². The molecule has 0 amide bonds. The zero-order valence-corrected chi connectivity index (χ0v) is 11.0. The molecule has 1 fully saturated rings. The Bertz CT molecular complexity index is 408. The fourth-order valence-corrected chi connectivity index (χ4v) is 2.59. The van der Waals surface area contributed by atoms with Crippen LogP contribution in [0.2, 0.25) is 0 Å². The number of nitrogen functional groups attached to an aromatic ring is 2. The first-order valence-electron chi connectivity index (χ1n) is 6.48. The van der Waals surface area contributed by atoms with Crippen molar-refractivity contribution < 1.29 is 0 Å². The summed E-state index contributed by atoms with van der Waals surface area (Å²) in [5.74, 6) is 8.21. The van der Waals surface area contributed by atoms with Gasteiger partial charge in [-0.2, -0.15) is 9.97 Å². The maximum absolute atomic E-state index is 5.64. The van der Waals surface area contributed by atoms with E-state index in [1.54, 1.807) is 6.07 Å². The second kappa shape index (κ2) is 5.39. The summed E-state index contributed by atoms with van der Waals surface area (Å²) in [6, 6.07) is 2.22. The highest BCUT2D eigenvalue weighted by molar-refractivity contribution is 5.50. The number of rotatable bonds is 3. The largest absolute Gasteiger partial charge is 0.368 e. The molecule has 0 aromatic carbocycles. The van der Waals surface area contributed by atoms with Gasteiger partial charge in [0.1, 0.15) is 11.6 Å². The van der Waals surface area contributed by atoms with Gasteiger partial charge in [0, 0.05) is 12.1 Å². The van der Waals surface area contributed by atoms with E-state index in [1.807, 2.05) is 0 Å². The smallest absolute Gasteiger partial charge is 0.223 e. The van der Waals surface area contributed by atoms with Crippen LogP contribution < -0.4 is 22.3 Å². The Kier molecular flexibility index (Phi) is 3.86. The van der Waals surface area contributed by atoms with Crippen molar-refractivity contribution in [1.82, 2.24) is 9.97 Å². The summed E-state index contributed by atoms with van der Waals surface area (Å²) in [5, 5.41) is 3.45. The normalized spacial score (nSPS) is 27.8. The Balaban J connectivity index is 2.10. The molecule has 0 saturated heterocycles. The lowest BCUT2D eigenvalue weighted by atomic mass is 9.78. The molecule has 0 aliphatic heterocycles. The predicted molar refractivity (Wildman–Crippen MR) is 73.8 cm³/mol. The van der Waals surface area contributed by atoms with Crippen molar-refractivity contribution in [3.8, 4) is 0 Å². The first-order chi connectivity index (χ1) is 8.60. The number of hydrazine groups is 1. The van der Waals surface area contributed by atoms with Gasteiger partial charge in [0.2, 0.25) is 5.95 Å². The highest BCUT2D eigenvalue weighted by Gasteiger charge is 2.27. The molecule has 0 spiro atoms. The lowest BCUT2D eigenvalue weighted by Crippen LogP contribution is -2.35. The van der Waals surface area contributed by atoms with E-state index in [-0.39, 0.29) is 5.95 Å². The zero-order chi connectivity index (χ0) is 13.1. The molecule has 1 aliphatic rings. The molecule has 6 heteroatoms. The molecule has 6 N–H and O–H groups in total. The quantitative estimate of drug-likeness (QED) is 0.480. The summed E-state index contributed by atoms with van der Waals surface area (Å²) in [6.07, 6.45) is 3.73. The molecule has 6 nitrogen and oxygen atoms in total. The number of anilines is 3. The van der Waals surface area contributed by atoms with Gasteiger partial charge in [-0.25, -0.2) is 5.84 Å². The summed E-state index contributed by atoms with van der Waals surface area (Å²) in [6.45, 7) is 4.59. The molecule has 1 aromatic rings. The van der Waals surface area contributed by atoms with Gasteiger partial charge in [0.25, 0.3) is 0 Å². The zero-order valence-electron chi connectivity index (χ0n) is 11.0. The average molecular weight is 250 g/mol. The number of hydrogen-bond donors (Lipinski definition) is 4. The van der Waals surface area contributed by atoms with Crippen molar-refractivity contribution in [3.05, 3.63) is 6.07 Å². The minimum atomic E-state index is 0.226. The van der Waals surface area contributed by atoms with Gasteiger partial charge >= 0.3 is 0 Å². The summed E-state index contributed by atoms with van der Waals surface area (Å²) in [7, 11) is 0. The highest BCUT2D eigenvalue weighted by Crippen LogP contribution is 2.31. The van der Waals surface area contributed by atoms with Crippen LogP contribution in [-0.2, 0) is 0 Å². The minimum Gasteiger partial charge on any atom is -0.368 e. The van der Waals surface area contributed by atoms with E-state index in [2.05, 4.69) is 34.6 Å². The second-order valence-corrected chi connectivity index (χ2v) is 5.16. The number of nitrogens with zero attached hydrogens (tertiary/aromatic N) is 2. The monoisotopic (exact) mass is 250 g/mol. The third-order valence-electron chi connectivity index (χ3n) is 3.93. The SMILES string of the molecule is CC1CCCC(Nc2cc(NN)nc(N)n2)C1C. The van der Waals surface area contributed by atoms with Gasteiger partial charge in [0.05, 0.1) is 0 Å². The number of aromatic nitrogens is 2. The summed E-state index contributed by atoms with van der Waals surface area (Å²) < 4.78 is 0. The van der Waals surface area contributed by atoms with Gasteiger partial charge < -0.3 is 16.5 Å². The molecule has 1 aromatic heterocycles. The first-order valence-corrected chi connectivity index (χ1v) is 6.48. The van der Waals surface area contributed by atoms with Crippen molar-refractivity contribution >= 4 is 17.6 Å². The lowest BCUT2D eigenvalue weighted by Gasteiger charge is -2.34. The average Bonchev–Trinajstić information content (AvgIpc) is 2.34. The topological polar surface area (TPSA) is 102 Å². The van der Waals surface area contributed by atoms with E-state index in [0.717, 1.165) is 11.7 Å². The second-order valence-electron chi connectivity index (χ2n) is 5.16. The van der Waals surface area contributed by atoms with Crippen molar-refractivity contribution in [3.63, 3.8) is 0 Å². The van der Waals surface area contributed by atoms with Crippen LogP contribution in [0.5, 0.6) is 0 Å². The Morgan fingerprint density at radius 3 is 2.67 bits per heavy atom. The highest BCUT2D eigenvalue weighted by atomic mass is 15.3. The predicted octanol–water partition coefficient (Wildman–Crippen LogP) is 1.58. The van der Waals surface area contributed by atoms with Gasteiger partial charge in [-0.1, -0.05) is 26.7 Å². The van der Waals surface area contributed by atoms with Gasteiger partial charge in [0.15, 0.2) is 0 Å². The van der Waals surface area contributed by atoms with E-state index in [0.29, 0.717) is 17.8 Å². The van der Waals surface area contributed by atoms with Crippen LogP contribution in [0.4, 0.5) is 17.6 Å². The fraction of sp³-hybridized carbons (Fsp3) is 0.667. The molecule has 2 rings (SSSR count). The third-order valence-corrected chi connectivity index (χ3v) is 3.93. The Labute approximate surface area is 108 Å². The molecule has 3 unspecified atom stereocenters. The summed E-state index contributed by atoms with van der Waals surface area (Å²) >= 11 is 0. The minimum absolute atomic E-state index is 0.226. The van der Waals surface area contributed by atoms with E-state index in [9.17, 15) is 0 Å². The molecule has 1 heterocycles. The molecule has 1 aliphatic carbocycles. The molecule has 18 heavy (non-hydrogen) atoms. The summed E-state index contributed by atoms with van der Waals surface area (Å²) in [5.41, 5.74) is 8.14. The van der Waals surface area contributed by atoms with E-state index >= 15 is 0 Å². The van der Waals surface area contributed by atoms with Crippen LogP contribution in [0.1, 0.15) is 33.1 Å². The number of hydrogen-bond acceptors (Lipinski definition) is 6. The van der Waals surface area contributed by atoms with Gasteiger partial charge in [-0.05, 0) is 18.3 Å². The molecule has 1 saturated carbocycles. The molecule has 3 atom stereocenters. The van der Waals surface area contributed by atoms with Crippen LogP contribution in [0, 0.1) is 11.8 Å². The molecular formula is C12H22N6. The molecular weight excluding hydrogens is 228 g/mol. The van der Waals surface area contributed by atoms with Crippen molar-refractivity contribution in [2.45, 2.75) is 39.2 Å². The Morgan fingerprint density at radius 1 is 1.22 bits per heavy atom. The van der Waals surface area contributed by atoms with Crippen LogP contribution in [-0.4, -0.2) is 16.0 Å². The molecule has 100 valence electrons. The maximum Gasteiger partial charge on any atom is 0.223 e. The number of nitrogens with one attached hydrogen (secondary N) is 2. The molecule has 0 bridgehead atoms. The first kappa shape index (κ1) is 12.9. The Hall–Kier alpha value is -1.56. The summed E-state index contributed by atoms with van der Waals surface area (Å²) in [4.78, 5) is 8.17. The standard InChI is InChI=1S/C12H22N6/c1-7-4-3-5-9(8(7)2)15-10-6-11(18-14)17-12(13)16-10/h6-9H,3-5,14H2,1-2H3,(H4,13,15,16,17,18). The van der Waals surface area contributed by atoms with Crippen LogP contribution in [0.15, 0.2) is 6.07 Å². The van der Waals surface area contributed by atoms with Crippen LogP contribution in [0.25, 0.3) is 0 Å². The van der Waals surface area contributed by atoms with Crippen molar-refractivity contribution in [1.29, 1.82) is 0 Å². The lowest BCUT2D eigenvalue weighted by molar-refractivity contribution is 0.253. The van der Waals surface area contributed by atoms with Crippen molar-refractivity contribution in [2.75, 3.05) is 16.5 Å². The van der Waals surface area contributed by atoms with Gasteiger partial charge in [-0.15, -0.1) is 0 Å². The van der Waals surface area contributed by atoms with E-state index < -0.39 is 0 Å². The van der Waals surface area contributed by atoms with E-state index in [1.165, 1.54) is 19.3 Å². The fourth-order valence-electron chi connectivity index (χ4n) is 2.59. The third kappa shape index (κ3) is 2.81. The van der Waals surface area contributed by atoms with Crippen molar-refractivity contribution in [2.24, 2.45) is 17.7 Å². The van der Waals surface area contributed by atoms with Gasteiger partial charge in [-0.3, -0.25) is 0 Å². The Morgan fingerprint density at radius 2 is 1.94 bits per heavy atom.